The Morgan fingerprint density at radius 1 is 1.17 bits per heavy atom. The largest absolute Gasteiger partial charge is 0.491 e. The summed E-state index contributed by atoms with van der Waals surface area (Å²) in [7, 11) is -3.52. The summed E-state index contributed by atoms with van der Waals surface area (Å²) in [4.78, 5) is 7.98. The van der Waals surface area contributed by atoms with E-state index >= 15 is 0 Å². The molecule has 0 atom stereocenters. The first-order valence-electron chi connectivity index (χ1n) is 11.1. The lowest BCUT2D eigenvalue weighted by atomic mass is 9.77. The summed E-state index contributed by atoms with van der Waals surface area (Å²) in [5.41, 5.74) is 8.34. The van der Waals surface area contributed by atoms with Gasteiger partial charge in [-0.05, 0) is 41.8 Å². The van der Waals surface area contributed by atoms with Gasteiger partial charge >= 0.3 is 0 Å². The summed E-state index contributed by atoms with van der Waals surface area (Å²) < 4.78 is 36.5. The predicted molar refractivity (Wildman–Crippen MR) is 140 cm³/mol. The summed E-state index contributed by atoms with van der Waals surface area (Å²) >= 11 is 6.47. The lowest BCUT2D eigenvalue weighted by Gasteiger charge is -2.27. The van der Waals surface area contributed by atoms with E-state index in [2.05, 4.69) is 20.8 Å². The number of nitrogens with one attached hydrogen (secondary N) is 1. The van der Waals surface area contributed by atoms with Gasteiger partial charge in [0.25, 0.3) is 0 Å². The number of rotatable bonds is 10. The summed E-state index contributed by atoms with van der Waals surface area (Å²) in [6.07, 6.45) is 3.14. The molecule has 3 rings (SSSR count). The van der Waals surface area contributed by atoms with E-state index < -0.39 is 15.4 Å². The Hall–Kier alpha value is -3.55. The maximum atomic E-state index is 11.4. The Bertz CT molecular complexity index is 1390. The lowest BCUT2D eigenvalue weighted by molar-refractivity contribution is 0.302. The highest BCUT2D eigenvalue weighted by Gasteiger charge is 2.26. The molecule has 11 heteroatoms. The quantitative estimate of drug-likeness (QED) is 0.386. The second-order valence-corrected chi connectivity index (χ2v) is 10.9. The number of nitrogen functional groups attached to an aromatic ring is 1. The number of nitrogens with zero attached hydrogens (tertiary/aromatic N) is 3. The number of nitriles is 1. The minimum Gasteiger partial charge on any atom is -0.491 e. The zero-order chi connectivity index (χ0) is 26.5. The van der Waals surface area contributed by atoms with Crippen LogP contribution in [0.2, 0.25) is 5.02 Å². The van der Waals surface area contributed by atoms with Gasteiger partial charge in [0.15, 0.2) is 5.75 Å². The third-order valence-electron chi connectivity index (χ3n) is 5.46. The standard InChI is InChI=1S/C25H28ClN5O4S/c1-5-10-34-23-16(13-27)11-18(12-20(23)26)25(2,3)17-6-8-19(9-7-17)35-15-22-21(28)14-29-24(30-22)31-36(4,32)33/h6-9,11-12,14H,5,10,15,28H2,1-4H3,(H,29,30,31). The van der Waals surface area contributed by atoms with Crippen LogP contribution >= 0.6 is 11.6 Å². The number of anilines is 2. The van der Waals surface area contributed by atoms with Crippen molar-refractivity contribution < 1.29 is 17.9 Å². The Balaban J connectivity index is 1.78. The minimum absolute atomic E-state index is 0.0237. The molecular weight excluding hydrogens is 502 g/mol. The summed E-state index contributed by atoms with van der Waals surface area (Å²) in [5.74, 6) is 0.899. The average Bonchev–Trinajstić information content (AvgIpc) is 2.82. The zero-order valence-electron chi connectivity index (χ0n) is 20.5. The maximum Gasteiger partial charge on any atom is 0.236 e. The van der Waals surface area contributed by atoms with Crippen LogP contribution in [0.1, 0.15) is 49.6 Å². The van der Waals surface area contributed by atoms with E-state index in [4.69, 9.17) is 26.8 Å². The van der Waals surface area contributed by atoms with Crippen LogP contribution in [0.25, 0.3) is 0 Å². The molecule has 0 fully saturated rings. The fraction of sp³-hybridized carbons (Fsp3) is 0.320. The van der Waals surface area contributed by atoms with Gasteiger partial charge in [-0.15, -0.1) is 0 Å². The van der Waals surface area contributed by atoms with Crippen LogP contribution in [0.15, 0.2) is 42.6 Å². The number of nitrogens with two attached hydrogens (primary N) is 1. The first-order valence-corrected chi connectivity index (χ1v) is 13.4. The highest BCUT2D eigenvalue weighted by atomic mass is 35.5. The molecule has 0 bridgehead atoms. The van der Waals surface area contributed by atoms with E-state index in [9.17, 15) is 13.7 Å². The predicted octanol–water partition coefficient (Wildman–Crippen LogP) is 4.65. The lowest BCUT2D eigenvalue weighted by Crippen LogP contribution is -2.19. The smallest absolute Gasteiger partial charge is 0.236 e. The van der Waals surface area contributed by atoms with Crippen molar-refractivity contribution in [3.05, 3.63) is 70.0 Å². The molecule has 0 saturated heterocycles. The summed E-state index contributed by atoms with van der Waals surface area (Å²) in [6.45, 7) is 6.58. The molecule has 0 aliphatic carbocycles. The van der Waals surface area contributed by atoms with E-state index in [1.54, 1.807) is 6.07 Å². The van der Waals surface area contributed by atoms with Crippen LogP contribution in [0.5, 0.6) is 11.5 Å². The first kappa shape index (κ1) is 27.0. The van der Waals surface area contributed by atoms with E-state index in [0.717, 1.165) is 23.8 Å². The van der Waals surface area contributed by atoms with Crippen LogP contribution < -0.4 is 19.9 Å². The van der Waals surface area contributed by atoms with Crippen molar-refractivity contribution in [1.29, 1.82) is 5.26 Å². The second kappa shape index (κ2) is 11.0. The molecule has 3 N–H and O–H groups in total. The first-order chi connectivity index (χ1) is 16.9. The fourth-order valence-corrected chi connectivity index (χ4v) is 4.14. The van der Waals surface area contributed by atoms with Gasteiger partial charge in [0, 0.05) is 5.41 Å². The zero-order valence-corrected chi connectivity index (χ0v) is 22.1. The number of benzene rings is 2. The fourth-order valence-electron chi connectivity index (χ4n) is 3.43. The monoisotopic (exact) mass is 529 g/mol. The summed E-state index contributed by atoms with van der Waals surface area (Å²) in [6, 6.07) is 13.3. The van der Waals surface area contributed by atoms with E-state index in [0.29, 0.717) is 34.4 Å². The van der Waals surface area contributed by atoms with Gasteiger partial charge in [0.2, 0.25) is 16.0 Å². The molecule has 1 aromatic heterocycles. The number of halogens is 1. The molecule has 0 saturated carbocycles. The molecule has 2 aromatic carbocycles. The van der Waals surface area contributed by atoms with Gasteiger partial charge in [-0.25, -0.2) is 18.4 Å². The van der Waals surface area contributed by atoms with Crippen molar-refractivity contribution in [3.8, 4) is 17.6 Å². The van der Waals surface area contributed by atoms with Crippen LogP contribution in [-0.2, 0) is 22.0 Å². The van der Waals surface area contributed by atoms with Crippen LogP contribution in [0.4, 0.5) is 11.6 Å². The van der Waals surface area contributed by atoms with Gasteiger partial charge in [0.1, 0.15) is 24.1 Å². The van der Waals surface area contributed by atoms with Gasteiger partial charge in [-0.3, -0.25) is 4.72 Å². The highest BCUT2D eigenvalue weighted by Crippen LogP contribution is 2.38. The summed E-state index contributed by atoms with van der Waals surface area (Å²) in [5, 5.41) is 10.0. The molecule has 190 valence electrons. The molecule has 0 aliphatic rings. The van der Waals surface area contributed by atoms with E-state index in [1.165, 1.54) is 6.20 Å². The highest BCUT2D eigenvalue weighted by molar-refractivity contribution is 7.91. The van der Waals surface area contributed by atoms with Crippen LogP contribution in [-0.4, -0.2) is 31.2 Å². The second-order valence-electron chi connectivity index (χ2n) is 8.70. The third-order valence-corrected chi connectivity index (χ3v) is 6.30. The number of hydrogen-bond acceptors (Lipinski definition) is 8. The van der Waals surface area contributed by atoms with Gasteiger partial charge in [0.05, 0.1) is 35.3 Å². The van der Waals surface area contributed by atoms with Gasteiger partial charge in [-0.1, -0.05) is 44.5 Å². The molecule has 0 amide bonds. The van der Waals surface area contributed by atoms with Gasteiger partial charge in [-0.2, -0.15) is 5.26 Å². The Labute approximate surface area is 216 Å². The molecule has 0 aliphatic heterocycles. The van der Waals surface area contributed by atoms with Crippen molar-refractivity contribution in [1.82, 2.24) is 9.97 Å². The molecule has 0 spiro atoms. The van der Waals surface area contributed by atoms with Crippen LogP contribution in [0, 0.1) is 11.3 Å². The number of hydrogen-bond donors (Lipinski definition) is 2. The van der Waals surface area contributed by atoms with Crippen molar-refractivity contribution >= 4 is 33.3 Å². The molecule has 0 radical (unpaired) electrons. The van der Waals surface area contributed by atoms with Crippen molar-refractivity contribution in [2.45, 2.75) is 39.2 Å². The Kier molecular flexibility index (Phi) is 8.28. The maximum absolute atomic E-state index is 11.4. The number of aromatic nitrogens is 2. The SMILES string of the molecule is CCCOc1c(Cl)cc(C(C)(C)c2ccc(OCc3nc(NS(C)(=O)=O)ncc3N)cc2)cc1C#N. The van der Waals surface area contributed by atoms with E-state index in [-0.39, 0.29) is 18.2 Å². The molecular formula is C25H28ClN5O4S. The number of ether oxygens (including phenoxy) is 2. The average molecular weight is 530 g/mol. The number of sulfonamides is 1. The molecule has 9 nitrogen and oxygen atoms in total. The van der Waals surface area contributed by atoms with Crippen molar-refractivity contribution in [2.75, 3.05) is 23.3 Å². The Morgan fingerprint density at radius 2 is 1.86 bits per heavy atom. The minimum atomic E-state index is -3.52. The molecule has 1 heterocycles. The van der Waals surface area contributed by atoms with Crippen molar-refractivity contribution in [3.63, 3.8) is 0 Å². The van der Waals surface area contributed by atoms with Crippen LogP contribution in [0.3, 0.4) is 0 Å². The topological polar surface area (TPSA) is 140 Å². The van der Waals surface area contributed by atoms with Crippen molar-refractivity contribution in [2.24, 2.45) is 0 Å². The van der Waals surface area contributed by atoms with E-state index in [1.807, 2.05) is 51.1 Å². The Morgan fingerprint density at radius 3 is 2.47 bits per heavy atom. The normalized spacial score (nSPS) is 11.6. The molecule has 0 unspecified atom stereocenters. The van der Waals surface area contributed by atoms with Gasteiger partial charge < -0.3 is 15.2 Å². The third kappa shape index (κ3) is 6.56. The molecule has 36 heavy (non-hydrogen) atoms. The molecule has 3 aromatic rings.